The molecule has 0 aliphatic carbocycles. The Morgan fingerprint density at radius 1 is 1.39 bits per heavy atom. The largest absolute Gasteiger partial charge is 0.380 e. The number of fused-ring (bicyclic) bond motifs is 1. The van der Waals surface area contributed by atoms with E-state index in [2.05, 4.69) is 21.8 Å². The van der Waals surface area contributed by atoms with Gasteiger partial charge in [0.2, 0.25) is 0 Å². The Morgan fingerprint density at radius 3 is 3.00 bits per heavy atom. The molecule has 1 aromatic heterocycles. The van der Waals surface area contributed by atoms with Crippen molar-refractivity contribution in [2.75, 3.05) is 31.2 Å². The summed E-state index contributed by atoms with van der Waals surface area (Å²) in [6.07, 6.45) is 2.66. The van der Waals surface area contributed by atoms with Crippen LogP contribution in [-0.2, 0) is 4.74 Å². The summed E-state index contributed by atoms with van der Waals surface area (Å²) < 4.78 is 5.49. The Hall–Kier alpha value is -0.840. The summed E-state index contributed by atoms with van der Waals surface area (Å²) in [5.41, 5.74) is 1.71. The summed E-state index contributed by atoms with van der Waals surface area (Å²) in [7, 11) is 0. The zero-order valence-corrected chi connectivity index (χ0v) is 11.7. The molecule has 0 bridgehead atoms. The molecule has 6 heteroatoms. The number of ether oxygens (including phenoxy) is 1. The molecule has 0 radical (unpaired) electrons. The Balaban J connectivity index is 2.08. The lowest BCUT2D eigenvalue weighted by Gasteiger charge is -2.28. The van der Waals surface area contributed by atoms with E-state index >= 15 is 0 Å². The summed E-state index contributed by atoms with van der Waals surface area (Å²) in [4.78, 5) is 10.4. The molecule has 0 atom stereocenters. The highest BCUT2D eigenvalue weighted by Gasteiger charge is 2.19. The van der Waals surface area contributed by atoms with E-state index < -0.39 is 0 Å². The number of rotatable bonds is 5. The van der Waals surface area contributed by atoms with Gasteiger partial charge < -0.3 is 9.64 Å². The van der Waals surface area contributed by atoms with Crippen LogP contribution in [-0.4, -0.2) is 36.5 Å². The maximum Gasteiger partial charge on any atom is 0.131 e. The van der Waals surface area contributed by atoms with E-state index in [0.29, 0.717) is 23.5 Å². The van der Waals surface area contributed by atoms with Crippen LogP contribution >= 0.6 is 23.2 Å². The Morgan fingerprint density at radius 2 is 2.22 bits per heavy atom. The van der Waals surface area contributed by atoms with Gasteiger partial charge in [-0.2, -0.15) is 0 Å². The highest BCUT2D eigenvalue weighted by Crippen LogP contribution is 2.33. The minimum Gasteiger partial charge on any atom is -0.380 e. The van der Waals surface area contributed by atoms with Crippen LogP contribution in [0.4, 0.5) is 11.4 Å². The first-order valence-corrected chi connectivity index (χ1v) is 6.67. The average Bonchev–Trinajstić information content (AvgIpc) is 2.35. The van der Waals surface area contributed by atoms with Gasteiger partial charge in [-0.3, -0.25) is 0 Å². The molecular formula is C12H15Cl2N3O. The average molecular weight is 288 g/mol. The van der Waals surface area contributed by atoms with Crippen molar-refractivity contribution in [2.24, 2.45) is 4.99 Å². The molecule has 2 heterocycles. The first-order valence-electron chi connectivity index (χ1n) is 5.92. The number of hydrogen-bond acceptors (Lipinski definition) is 4. The van der Waals surface area contributed by atoms with Crippen LogP contribution < -0.4 is 4.90 Å². The lowest BCUT2D eigenvalue weighted by molar-refractivity contribution is 0.141. The summed E-state index contributed by atoms with van der Waals surface area (Å²) in [5.74, 6) is 0. The molecule has 2 rings (SSSR count). The van der Waals surface area contributed by atoms with Crippen LogP contribution in [0.15, 0.2) is 17.3 Å². The number of anilines is 1. The molecule has 0 spiro atoms. The van der Waals surface area contributed by atoms with E-state index in [1.54, 1.807) is 6.20 Å². The second-order valence-corrected chi connectivity index (χ2v) is 4.84. The Labute approximate surface area is 117 Å². The molecule has 1 aliphatic rings. The summed E-state index contributed by atoms with van der Waals surface area (Å²) >= 11 is 11.9. The Kier molecular flexibility index (Phi) is 4.80. The number of nitrogens with zero attached hydrogens (tertiary/aromatic N) is 3. The van der Waals surface area contributed by atoms with E-state index in [9.17, 15) is 0 Å². The van der Waals surface area contributed by atoms with E-state index in [1.165, 1.54) is 0 Å². The van der Waals surface area contributed by atoms with E-state index in [0.717, 1.165) is 30.9 Å². The van der Waals surface area contributed by atoms with Crippen molar-refractivity contribution in [1.82, 2.24) is 4.98 Å². The fourth-order valence-corrected chi connectivity index (χ4v) is 2.17. The predicted octanol–water partition coefficient (Wildman–Crippen LogP) is 3.25. The second kappa shape index (κ2) is 6.36. The van der Waals surface area contributed by atoms with Crippen LogP contribution in [0, 0.1) is 0 Å². The van der Waals surface area contributed by atoms with Crippen molar-refractivity contribution < 1.29 is 4.74 Å². The van der Waals surface area contributed by atoms with Crippen LogP contribution in [0.5, 0.6) is 0 Å². The van der Waals surface area contributed by atoms with Gasteiger partial charge in [0.25, 0.3) is 0 Å². The third kappa shape index (κ3) is 3.34. The molecule has 1 aromatic rings. The highest BCUT2D eigenvalue weighted by atomic mass is 35.5. The molecule has 4 nitrogen and oxygen atoms in total. The topological polar surface area (TPSA) is 37.7 Å². The van der Waals surface area contributed by atoms with Crippen molar-refractivity contribution in [1.29, 1.82) is 0 Å². The van der Waals surface area contributed by atoms with Gasteiger partial charge >= 0.3 is 0 Å². The number of hydrogen-bond donors (Lipinski definition) is 0. The zero-order valence-electron chi connectivity index (χ0n) is 10.2. The van der Waals surface area contributed by atoms with E-state index in [-0.39, 0.29) is 0 Å². The van der Waals surface area contributed by atoms with Gasteiger partial charge in [0.1, 0.15) is 16.0 Å². The van der Waals surface area contributed by atoms with Gasteiger partial charge in [-0.05, 0) is 6.42 Å². The summed E-state index contributed by atoms with van der Waals surface area (Å²) in [5, 5.41) is 1.02. The SMILES string of the molecule is CCCOCCN1CC(Cl)=Nc2cnc(Cl)cc21. The number of aliphatic imine (C=N–C) groups is 1. The first-order chi connectivity index (χ1) is 8.70. The monoisotopic (exact) mass is 287 g/mol. The van der Waals surface area contributed by atoms with E-state index in [1.807, 2.05) is 6.07 Å². The molecule has 0 N–H and O–H groups in total. The maximum absolute atomic E-state index is 6.03. The highest BCUT2D eigenvalue weighted by molar-refractivity contribution is 6.66. The molecule has 0 aromatic carbocycles. The molecule has 1 aliphatic heterocycles. The van der Waals surface area contributed by atoms with Gasteiger partial charge in [0, 0.05) is 19.2 Å². The number of halogens is 2. The van der Waals surface area contributed by atoms with Crippen molar-refractivity contribution in [3.05, 3.63) is 17.4 Å². The normalized spacial score (nSPS) is 14.4. The number of pyridine rings is 1. The van der Waals surface area contributed by atoms with Crippen LogP contribution in [0.1, 0.15) is 13.3 Å². The smallest absolute Gasteiger partial charge is 0.131 e. The quantitative estimate of drug-likeness (QED) is 0.616. The van der Waals surface area contributed by atoms with Crippen molar-refractivity contribution in [3.8, 4) is 0 Å². The van der Waals surface area contributed by atoms with Gasteiger partial charge in [0.05, 0.1) is 25.0 Å². The summed E-state index contributed by atoms with van der Waals surface area (Å²) in [6.45, 7) is 4.88. The third-order valence-electron chi connectivity index (χ3n) is 2.59. The molecule has 0 unspecified atom stereocenters. The zero-order chi connectivity index (χ0) is 13.0. The molecule has 0 saturated heterocycles. The molecule has 0 amide bonds. The Bertz CT molecular complexity index is 451. The maximum atomic E-state index is 6.03. The van der Waals surface area contributed by atoms with Crippen molar-refractivity contribution >= 4 is 39.7 Å². The van der Waals surface area contributed by atoms with Crippen LogP contribution in [0.25, 0.3) is 0 Å². The number of aromatic nitrogens is 1. The van der Waals surface area contributed by atoms with Gasteiger partial charge in [-0.15, -0.1) is 0 Å². The minimum absolute atomic E-state index is 0.460. The van der Waals surface area contributed by atoms with Gasteiger partial charge in [0.15, 0.2) is 0 Å². The fraction of sp³-hybridized carbons (Fsp3) is 0.500. The summed E-state index contributed by atoms with van der Waals surface area (Å²) in [6, 6.07) is 1.81. The molecule has 0 fully saturated rings. The second-order valence-electron chi connectivity index (χ2n) is 4.02. The fourth-order valence-electron chi connectivity index (χ4n) is 1.78. The molecular weight excluding hydrogens is 273 g/mol. The van der Waals surface area contributed by atoms with Crippen molar-refractivity contribution in [3.63, 3.8) is 0 Å². The van der Waals surface area contributed by atoms with Crippen molar-refractivity contribution in [2.45, 2.75) is 13.3 Å². The molecule has 0 saturated carbocycles. The molecule has 98 valence electrons. The van der Waals surface area contributed by atoms with Crippen LogP contribution in [0.2, 0.25) is 5.15 Å². The first kappa shape index (κ1) is 13.6. The van der Waals surface area contributed by atoms with Gasteiger partial charge in [-0.25, -0.2) is 9.98 Å². The lowest BCUT2D eigenvalue weighted by Crippen LogP contribution is -2.33. The minimum atomic E-state index is 0.460. The van der Waals surface area contributed by atoms with E-state index in [4.69, 9.17) is 27.9 Å². The predicted molar refractivity (Wildman–Crippen MR) is 75.5 cm³/mol. The molecule has 18 heavy (non-hydrogen) atoms. The lowest BCUT2D eigenvalue weighted by atomic mass is 10.2. The third-order valence-corrected chi connectivity index (χ3v) is 3.00. The van der Waals surface area contributed by atoms with Gasteiger partial charge in [-0.1, -0.05) is 30.1 Å². The standard InChI is InChI=1S/C12H15Cl2N3O/c1-2-4-18-5-3-17-8-12(14)16-9-7-15-11(13)6-10(9)17/h6-7H,2-5,8H2,1H3. The van der Waals surface area contributed by atoms with Crippen LogP contribution in [0.3, 0.4) is 0 Å².